The third-order valence-electron chi connectivity index (χ3n) is 2.74. The number of benzene rings is 1. The fourth-order valence-corrected chi connectivity index (χ4v) is 1.62. The minimum atomic E-state index is -0.217. The van der Waals surface area contributed by atoms with Crippen molar-refractivity contribution in [1.29, 1.82) is 0 Å². The van der Waals surface area contributed by atoms with E-state index < -0.39 is 0 Å². The molecular weight excluding hydrogens is 270 g/mol. The number of nitrogens with zero attached hydrogens (tertiary/aromatic N) is 1. The summed E-state index contributed by atoms with van der Waals surface area (Å²) in [5.74, 6) is 0.198. The van der Waals surface area contributed by atoms with Gasteiger partial charge in [0.05, 0.1) is 19.2 Å². The third kappa shape index (κ3) is 5.64. The number of amides is 2. The van der Waals surface area contributed by atoms with Gasteiger partial charge in [-0.2, -0.15) is 5.10 Å². The molecule has 1 aromatic carbocycles. The average Bonchev–Trinajstić information content (AvgIpc) is 2.44. The van der Waals surface area contributed by atoms with E-state index in [1.165, 1.54) is 0 Å². The Morgan fingerprint density at radius 1 is 1.29 bits per heavy atom. The maximum atomic E-state index is 12.0. The molecule has 1 aromatic rings. The number of nitrogens with one attached hydrogen (secondary N) is 2. The van der Waals surface area contributed by atoms with Crippen molar-refractivity contribution in [3.8, 4) is 5.75 Å². The van der Waals surface area contributed by atoms with Gasteiger partial charge in [-0.1, -0.05) is 13.0 Å². The lowest BCUT2D eigenvalue weighted by molar-refractivity contribution is -0.121. The number of anilines is 1. The van der Waals surface area contributed by atoms with Crippen LogP contribution in [0.15, 0.2) is 23.3 Å². The Balaban J connectivity index is 2.65. The zero-order chi connectivity index (χ0) is 15.8. The van der Waals surface area contributed by atoms with E-state index in [0.717, 1.165) is 5.56 Å². The van der Waals surface area contributed by atoms with E-state index in [9.17, 15) is 9.59 Å². The molecule has 1 rings (SSSR count). The Kier molecular flexibility index (Phi) is 6.39. The summed E-state index contributed by atoms with van der Waals surface area (Å²) in [7, 11) is 1.55. The van der Waals surface area contributed by atoms with Crippen molar-refractivity contribution in [3.05, 3.63) is 23.8 Å². The van der Waals surface area contributed by atoms with E-state index in [2.05, 4.69) is 15.8 Å². The van der Waals surface area contributed by atoms with Crippen LogP contribution in [-0.2, 0) is 9.59 Å². The SMILES string of the molecule is CCC(=O)N/N=C(/C)CC(=O)Nc1cc(C)ccc1OC. The molecule has 6 heteroatoms. The highest BCUT2D eigenvalue weighted by atomic mass is 16.5. The Hall–Kier alpha value is -2.37. The third-order valence-corrected chi connectivity index (χ3v) is 2.74. The molecule has 0 saturated carbocycles. The van der Waals surface area contributed by atoms with Crippen molar-refractivity contribution in [2.45, 2.75) is 33.6 Å². The van der Waals surface area contributed by atoms with Gasteiger partial charge in [-0.3, -0.25) is 9.59 Å². The van der Waals surface area contributed by atoms with Crippen LogP contribution in [0.5, 0.6) is 5.75 Å². The van der Waals surface area contributed by atoms with Gasteiger partial charge in [-0.25, -0.2) is 5.43 Å². The number of carbonyl (C=O) groups is 2. The molecule has 0 bridgehead atoms. The number of aryl methyl sites for hydroxylation is 1. The summed E-state index contributed by atoms with van der Waals surface area (Å²) in [6.07, 6.45) is 0.449. The summed E-state index contributed by atoms with van der Waals surface area (Å²) in [4.78, 5) is 23.0. The van der Waals surface area contributed by atoms with E-state index >= 15 is 0 Å². The smallest absolute Gasteiger partial charge is 0.239 e. The molecule has 0 saturated heterocycles. The molecule has 0 aliphatic rings. The van der Waals surface area contributed by atoms with Gasteiger partial charge in [0, 0.05) is 12.1 Å². The first-order chi connectivity index (χ1) is 9.96. The van der Waals surface area contributed by atoms with Gasteiger partial charge >= 0.3 is 0 Å². The molecule has 2 N–H and O–H groups in total. The van der Waals surface area contributed by atoms with E-state index in [1.807, 2.05) is 19.1 Å². The Labute approximate surface area is 124 Å². The number of hydrazone groups is 1. The molecule has 0 heterocycles. The number of ether oxygens (including phenoxy) is 1. The first-order valence-electron chi connectivity index (χ1n) is 6.72. The number of carbonyl (C=O) groups excluding carboxylic acids is 2. The summed E-state index contributed by atoms with van der Waals surface area (Å²) in [5, 5.41) is 6.64. The molecule has 0 aliphatic carbocycles. The fourth-order valence-electron chi connectivity index (χ4n) is 1.62. The van der Waals surface area contributed by atoms with Crippen LogP contribution in [0.4, 0.5) is 5.69 Å². The van der Waals surface area contributed by atoms with Gasteiger partial charge in [0.2, 0.25) is 11.8 Å². The fraction of sp³-hybridized carbons (Fsp3) is 0.400. The Morgan fingerprint density at radius 2 is 2.00 bits per heavy atom. The van der Waals surface area contributed by atoms with E-state index in [1.54, 1.807) is 27.0 Å². The van der Waals surface area contributed by atoms with Gasteiger partial charge in [-0.15, -0.1) is 0 Å². The van der Waals surface area contributed by atoms with Crippen molar-refractivity contribution >= 4 is 23.2 Å². The highest BCUT2D eigenvalue weighted by Gasteiger charge is 2.09. The van der Waals surface area contributed by atoms with Crippen LogP contribution in [0.3, 0.4) is 0 Å². The molecule has 0 spiro atoms. The first kappa shape index (κ1) is 16.7. The summed E-state index contributed by atoms with van der Waals surface area (Å²) in [5.41, 5.74) is 4.54. The lowest BCUT2D eigenvalue weighted by Crippen LogP contribution is -2.20. The van der Waals surface area contributed by atoms with Crippen LogP contribution >= 0.6 is 0 Å². The predicted molar refractivity (Wildman–Crippen MR) is 82.5 cm³/mol. The molecule has 21 heavy (non-hydrogen) atoms. The number of methoxy groups -OCH3 is 1. The maximum absolute atomic E-state index is 12.0. The van der Waals surface area contributed by atoms with Crippen LogP contribution < -0.4 is 15.5 Å². The van der Waals surface area contributed by atoms with Crippen molar-refractivity contribution in [2.75, 3.05) is 12.4 Å². The summed E-state index contributed by atoms with van der Waals surface area (Å²) in [6.45, 7) is 5.35. The molecule has 6 nitrogen and oxygen atoms in total. The van der Waals surface area contributed by atoms with Gasteiger partial charge in [0.25, 0.3) is 0 Å². The Bertz CT molecular complexity index is 553. The standard InChI is InChI=1S/C15H21N3O3/c1-5-14(19)18-17-11(3)9-15(20)16-12-8-10(2)6-7-13(12)21-4/h6-8H,5,9H2,1-4H3,(H,16,20)(H,18,19)/b17-11-. The monoisotopic (exact) mass is 291 g/mol. The van der Waals surface area contributed by atoms with E-state index in [0.29, 0.717) is 23.6 Å². The van der Waals surface area contributed by atoms with Gasteiger partial charge < -0.3 is 10.1 Å². The molecule has 0 atom stereocenters. The molecular formula is C15H21N3O3. The summed E-state index contributed by atoms with van der Waals surface area (Å²) >= 11 is 0. The summed E-state index contributed by atoms with van der Waals surface area (Å²) < 4.78 is 5.20. The van der Waals surface area contributed by atoms with Crippen LogP contribution in [0, 0.1) is 6.92 Å². The average molecular weight is 291 g/mol. The molecule has 2 amide bonds. The van der Waals surface area contributed by atoms with Crippen LogP contribution in [0.2, 0.25) is 0 Å². The molecule has 0 fully saturated rings. The number of hydrogen-bond acceptors (Lipinski definition) is 4. The molecule has 114 valence electrons. The topological polar surface area (TPSA) is 79.8 Å². The highest BCUT2D eigenvalue weighted by molar-refractivity contribution is 6.06. The van der Waals surface area contributed by atoms with Crippen LogP contribution in [0.1, 0.15) is 32.3 Å². The van der Waals surface area contributed by atoms with Gasteiger partial charge in [-0.05, 0) is 31.5 Å². The predicted octanol–water partition coefficient (Wildman–Crippen LogP) is 2.23. The van der Waals surface area contributed by atoms with Gasteiger partial charge in [0.1, 0.15) is 5.75 Å². The molecule has 0 radical (unpaired) electrons. The molecule has 0 aromatic heterocycles. The molecule has 0 unspecified atom stereocenters. The quantitative estimate of drug-likeness (QED) is 0.623. The van der Waals surface area contributed by atoms with Crippen LogP contribution in [-0.4, -0.2) is 24.6 Å². The maximum Gasteiger partial charge on any atom is 0.239 e. The van der Waals surface area contributed by atoms with E-state index in [-0.39, 0.29) is 18.2 Å². The normalized spacial score (nSPS) is 11.0. The highest BCUT2D eigenvalue weighted by Crippen LogP contribution is 2.25. The largest absolute Gasteiger partial charge is 0.495 e. The number of hydrogen-bond donors (Lipinski definition) is 2. The first-order valence-corrected chi connectivity index (χ1v) is 6.72. The van der Waals surface area contributed by atoms with Crippen molar-refractivity contribution < 1.29 is 14.3 Å². The minimum Gasteiger partial charge on any atom is -0.495 e. The van der Waals surface area contributed by atoms with Crippen molar-refractivity contribution in [1.82, 2.24) is 5.43 Å². The van der Waals surface area contributed by atoms with Gasteiger partial charge in [0.15, 0.2) is 0 Å². The van der Waals surface area contributed by atoms with Crippen LogP contribution in [0.25, 0.3) is 0 Å². The van der Waals surface area contributed by atoms with Crippen molar-refractivity contribution in [3.63, 3.8) is 0 Å². The second-order valence-corrected chi connectivity index (χ2v) is 4.66. The zero-order valence-electron chi connectivity index (χ0n) is 12.8. The second-order valence-electron chi connectivity index (χ2n) is 4.66. The Morgan fingerprint density at radius 3 is 2.62 bits per heavy atom. The summed E-state index contributed by atoms with van der Waals surface area (Å²) in [6, 6.07) is 5.54. The van der Waals surface area contributed by atoms with Crippen molar-refractivity contribution in [2.24, 2.45) is 5.10 Å². The lowest BCUT2D eigenvalue weighted by Gasteiger charge is -2.11. The second kappa shape index (κ2) is 8.04. The zero-order valence-corrected chi connectivity index (χ0v) is 12.8. The minimum absolute atomic E-state index is 0.0983. The van der Waals surface area contributed by atoms with E-state index in [4.69, 9.17) is 4.74 Å². The molecule has 0 aliphatic heterocycles. The lowest BCUT2D eigenvalue weighted by atomic mass is 10.2. The number of rotatable bonds is 6.